The minimum atomic E-state index is 0.180. The molecule has 1 atom stereocenters. The van der Waals surface area contributed by atoms with Crippen molar-refractivity contribution in [2.24, 2.45) is 0 Å². The lowest BCUT2D eigenvalue weighted by molar-refractivity contribution is -0.131. The number of aromatic nitrogens is 2. The van der Waals surface area contributed by atoms with E-state index in [2.05, 4.69) is 36.2 Å². The fraction of sp³-hybridized carbons (Fsp3) is 0.333. The van der Waals surface area contributed by atoms with Crippen LogP contribution in [0.1, 0.15) is 22.8 Å². The van der Waals surface area contributed by atoms with Crippen LogP contribution in [0.2, 0.25) is 0 Å². The largest absolute Gasteiger partial charge is 0.340 e. The number of fused-ring (bicyclic) bond motifs is 1. The van der Waals surface area contributed by atoms with Crippen LogP contribution in [0.5, 0.6) is 0 Å². The second-order valence-electron chi connectivity index (χ2n) is 6.75. The summed E-state index contributed by atoms with van der Waals surface area (Å²) in [6.45, 7) is 4.17. The van der Waals surface area contributed by atoms with Crippen molar-refractivity contribution in [3.8, 4) is 0 Å². The number of nitrogens with zero attached hydrogens (tertiary/aromatic N) is 3. The van der Waals surface area contributed by atoms with Gasteiger partial charge < -0.3 is 9.47 Å². The van der Waals surface area contributed by atoms with Crippen molar-refractivity contribution in [1.29, 1.82) is 0 Å². The topological polar surface area (TPSA) is 38.1 Å². The van der Waals surface area contributed by atoms with E-state index in [1.165, 1.54) is 11.1 Å². The Morgan fingerprint density at radius 2 is 1.96 bits per heavy atom. The zero-order valence-electron chi connectivity index (χ0n) is 15.0. The smallest absolute Gasteiger partial charge is 0.242 e. The van der Waals surface area contributed by atoms with Crippen molar-refractivity contribution in [2.75, 3.05) is 18.8 Å². The number of imidazole rings is 1. The van der Waals surface area contributed by atoms with E-state index < -0.39 is 0 Å². The van der Waals surface area contributed by atoms with E-state index in [1.54, 1.807) is 6.33 Å². The van der Waals surface area contributed by atoms with Crippen molar-refractivity contribution in [2.45, 2.75) is 25.1 Å². The molecule has 134 valence electrons. The van der Waals surface area contributed by atoms with Gasteiger partial charge in [-0.3, -0.25) is 4.79 Å². The number of benzene rings is 2. The van der Waals surface area contributed by atoms with Gasteiger partial charge in [-0.05, 0) is 36.6 Å². The summed E-state index contributed by atoms with van der Waals surface area (Å²) in [6.07, 6.45) is 2.78. The molecule has 1 aromatic heterocycles. The number of amides is 1. The molecule has 1 amide bonds. The number of hydrogen-bond donors (Lipinski definition) is 0. The molecule has 26 heavy (non-hydrogen) atoms. The summed E-state index contributed by atoms with van der Waals surface area (Å²) in [5.74, 6) is 1.16. The SMILES string of the molecule is Cc1ccccc1C1CCN(C(=O)Cn2cnc3ccccc32)CCS1. The molecule has 0 radical (unpaired) electrons. The Labute approximate surface area is 158 Å². The van der Waals surface area contributed by atoms with Gasteiger partial charge in [0.2, 0.25) is 5.91 Å². The lowest BCUT2D eigenvalue weighted by Crippen LogP contribution is -2.35. The molecule has 4 rings (SSSR count). The Hall–Kier alpha value is -2.27. The lowest BCUT2D eigenvalue weighted by atomic mass is 10.0. The highest BCUT2D eigenvalue weighted by Gasteiger charge is 2.23. The van der Waals surface area contributed by atoms with Crippen LogP contribution in [0.25, 0.3) is 11.0 Å². The number of aryl methyl sites for hydroxylation is 1. The van der Waals surface area contributed by atoms with Crippen LogP contribution >= 0.6 is 11.8 Å². The van der Waals surface area contributed by atoms with Gasteiger partial charge in [-0.15, -0.1) is 0 Å². The van der Waals surface area contributed by atoms with Crippen molar-refractivity contribution < 1.29 is 4.79 Å². The maximum atomic E-state index is 12.8. The van der Waals surface area contributed by atoms with E-state index in [9.17, 15) is 4.79 Å². The lowest BCUT2D eigenvalue weighted by Gasteiger charge is -2.21. The molecule has 1 saturated heterocycles. The second-order valence-corrected chi connectivity index (χ2v) is 8.06. The Kier molecular flexibility index (Phi) is 4.98. The van der Waals surface area contributed by atoms with Crippen LogP contribution in [0, 0.1) is 6.92 Å². The van der Waals surface area contributed by atoms with Crippen molar-refractivity contribution in [3.05, 3.63) is 66.0 Å². The van der Waals surface area contributed by atoms with E-state index in [4.69, 9.17) is 0 Å². The summed E-state index contributed by atoms with van der Waals surface area (Å²) >= 11 is 1.97. The third kappa shape index (κ3) is 3.49. The average Bonchev–Trinajstić information content (AvgIpc) is 2.90. The molecule has 2 heterocycles. The standard InChI is InChI=1S/C21H23N3OS/c1-16-6-2-3-7-17(16)20-10-11-23(12-13-26-20)21(25)14-24-15-22-18-8-4-5-9-19(18)24/h2-9,15,20H,10-14H2,1H3. The molecule has 5 heteroatoms. The fourth-order valence-electron chi connectivity index (χ4n) is 3.60. The van der Waals surface area contributed by atoms with Gasteiger partial charge in [0.25, 0.3) is 0 Å². The Morgan fingerprint density at radius 1 is 1.15 bits per heavy atom. The van der Waals surface area contributed by atoms with Crippen LogP contribution in [0.4, 0.5) is 0 Å². The van der Waals surface area contributed by atoms with Gasteiger partial charge in [-0.2, -0.15) is 11.8 Å². The van der Waals surface area contributed by atoms with E-state index in [0.717, 1.165) is 36.3 Å². The zero-order chi connectivity index (χ0) is 17.9. The molecule has 0 saturated carbocycles. The van der Waals surface area contributed by atoms with E-state index in [0.29, 0.717) is 11.8 Å². The number of para-hydroxylation sites is 2. The predicted octanol–water partition coefficient (Wildman–Crippen LogP) is 4.05. The molecule has 0 spiro atoms. The molecule has 1 aliphatic heterocycles. The molecule has 0 aliphatic carbocycles. The van der Waals surface area contributed by atoms with Gasteiger partial charge in [0.05, 0.1) is 17.4 Å². The number of carbonyl (C=O) groups excluding carboxylic acids is 1. The molecule has 1 aliphatic rings. The molecule has 2 aromatic carbocycles. The monoisotopic (exact) mass is 365 g/mol. The number of hydrogen-bond acceptors (Lipinski definition) is 3. The van der Waals surface area contributed by atoms with Gasteiger partial charge in [0.15, 0.2) is 0 Å². The summed E-state index contributed by atoms with van der Waals surface area (Å²) in [5, 5.41) is 0.475. The summed E-state index contributed by atoms with van der Waals surface area (Å²) in [6, 6.07) is 16.6. The van der Waals surface area contributed by atoms with Gasteiger partial charge in [-0.25, -0.2) is 4.98 Å². The number of thioether (sulfide) groups is 1. The van der Waals surface area contributed by atoms with Gasteiger partial charge >= 0.3 is 0 Å². The van der Waals surface area contributed by atoms with Crippen LogP contribution in [-0.4, -0.2) is 39.2 Å². The first kappa shape index (κ1) is 17.2. The highest BCUT2D eigenvalue weighted by atomic mass is 32.2. The van der Waals surface area contributed by atoms with Crippen molar-refractivity contribution >= 4 is 28.7 Å². The van der Waals surface area contributed by atoms with E-state index in [1.807, 2.05) is 45.5 Å². The molecule has 0 bridgehead atoms. The van der Waals surface area contributed by atoms with Gasteiger partial charge in [0.1, 0.15) is 6.54 Å². The first-order valence-electron chi connectivity index (χ1n) is 9.07. The quantitative estimate of drug-likeness (QED) is 0.703. The van der Waals surface area contributed by atoms with Crippen LogP contribution in [-0.2, 0) is 11.3 Å². The van der Waals surface area contributed by atoms with Crippen LogP contribution in [0.15, 0.2) is 54.9 Å². The average molecular weight is 366 g/mol. The molecule has 1 unspecified atom stereocenters. The predicted molar refractivity (Wildman–Crippen MR) is 107 cm³/mol. The third-order valence-electron chi connectivity index (χ3n) is 5.06. The third-order valence-corrected chi connectivity index (χ3v) is 6.37. The Morgan fingerprint density at radius 3 is 2.85 bits per heavy atom. The van der Waals surface area contributed by atoms with Crippen molar-refractivity contribution in [1.82, 2.24) is 14.5 Å². The maximum absolute atomic E-state index is 12.8. The van der Waals surface area contributed by atoms with Gasteiger partial charge in [0, 0.05) is 24.1 Å². The van der Waals surface area contributed by atoms with Crippen LogP contribution < -0.4 is 0 Å². The molecule has 4 nitrogen and oxygen atoms in total. The molecule has 0 N–H and O–H groups in total. The Balaban J connectivity index is 1.44. The summed E-state index contributed by atoms with van der Waals surface area (Å²) < 4.78 is 1.95. The second kappa shape index (κ2) is 7.54. The molecular formula is C21H23N3OS. The highest BCUT2D eigenvalue weighted by Crippen LogP contribution is 2.35. The minimum Gasteiger partial charge on any atom is -0.340 e. The maximum Gasteiger partial charge on any atom is 0.242 e. The first-order chi connectivity index (χ1) is 12.7. The molecular weight excluding hydrogens is 342 g/mol. The zero-order valence-corrected chi connectivity index (χ0v) is 15.8. The molecule has 3 aromatic rings. The van der Waals surface area contributed by atoms with E-state index >= 15 is 0 Å². The number of carbonyl (C=O) groups is 1. The summed E-state index contributed by atoms with van der Waals surface area (Å²) in [5.41, 5.74) is 4.70. The molecule has 1 fully saturated rings. The number of rotatable bonds is 3. The van der Waals surface area contributed by atoms with Gasteiger partial charge in [-0.1, -0.05) is 36.4 Å². The normalized spacial score (nSPS) is 18.0. The van der Waals surface area contributed by atoms with E-state index in [-0.39, 0.29) is 5.91 Å². The summed E-state index contributed by atoms with van der Waals surface area (Å²) in [4.78, 5) is 19.2. The Bertz CT molecular complexity index is 920. The minimum absolute atomic E-state index is 0.180. The highest BCUT2D eigenvalue weighted by molar-refractivity contribution is 7.99. The summed E-state index contributed by atoms with van der Waals surface area (Å²) in [7, 11) is 0. The first-order valence-corrected chi connectivity index (χ1v) is 10.1. The fourth-order valence-corrected chi connectivity index (χ4v) is 4.92. The van der Waals surface area contributed by atoms with Crippen molar-refractivity contribution in [3.63, 3.8) is 0 Å². The van der Waals surface area contributed by atoms with Crippen LogP contribution in [0.3, 0.4) is 0 Å².